The molecule has 0 unspecified atom stereocenters. The topological polar surface area (TPSA) is 158 Å². The minimum Gasteiger partial charge on any atom is -1.00 e. The summed E-state index contributed by atoms with van der Waals surface area (Å²) in [6, 6.07) is 1.65. The van der Waals surface area contributed by atoms with Crippen molar-refractivity contribution < 1.29 is 112 Å². The quantitative estimate of drug-likeness (QED) is 0.225. The van der Waals surface area contributed by atoms with E-state index in [1.807, 2.05) is 0 Å². The minimum absolute atomic E-state index is 0. The van der Waals surface area contributed by atoms with Gasteiger partial charge in [-0.1, -0.05) is 0 Å². The Morgan fingerprint density at radius 1 is 1.05 bits per heavy atom. The molecule has 0 bridgehead atoms. The van der Waals surface area contributed by atoms with E-state index >= 15 is 0 Å². The van der Waals surface area contributed by atoms with Gasteiger partial charge in [-0.2, -0.15) is 16.8 Å². The Morgan fingerprint density at radius 2 is 1.52 bits per heavy atom. The normalized spacial score (nSPS) is 10.4. The van der Waals surface area contributed by atoms with Crippen LogP contribution in [0.1, 0.15) is 0 Å². The Bertz CT molecular complexity index is 701. The van der Waals surface area contributed by atoms with E-state index in [1.54, 1.807) is 0 Å². The Morgan fingerprint density at radius 3 is 1.86 bits per heavy atom. The van der Waals surface area contributed by atoms with Crippen molar-refractivity contribution in [1.29, 1.82) is 0 Å². The van der Waals surface area contributed by atoms with Crippen LogP contribution in [0.3, 0.4) is 0 Å². The molecule has 0 saturated carbocycles. The third-order valence-corrected chi connectivity index (χ3v) is 3.41. The standard InChI is InChI=1S/C7H6O9S2.ClH.2Na/c8-7(9)16-5-2-1-4(17(10,11)12)3-6(5)18(13,14)15;;;/h1-3H,(H,8,9)(H,10,11,12)(H,13,14,15);1H;;/q;;2*+1/p-2. The molecule has 0 aliphatic rings. The maximum atomic E-state index is 10.9. The maximum absolute atomic E-state index is 10.9. The van der Waals surface area contributed by atoms with Gasteiger partial charge in [-0.15, -0.1) is 0 Å². The van der Waals surface area contributed by atoms with Gasteiger partial charge in [0.05, 0.1) is 10.6 Å². The zero-order chi connectivity index (χ0) is 14.1. The van der Waals surface area contributed by atoms with Crippen LogP contribution in [-0.2, 0) is 20.2 Å². The minimum atomic E-state index is -4.95. The molecule has 108 valence electrons. The summed E-state index contributed by atoms with van der Waals surface area (Å²) in [6.07, 6.45) is -2.11. The second kappa shape index (κ2) is 9.67. The van der Waals surface area contributed by atoms with Gasteiger partial charge >= 0.3 is 59.1 Å². The molecule has 1 aromatic rings. The first-order valence-electron chi connectivity index (χ1n) is 3.99. The summed E-state index contributed by atoms with van der Waals surface area (Å²) in [7, 11) is -9.68. The van der Waals surface area contributed by atoms with Gasteiger partial charge in [-0.05, 0) is 18.2 Å². The summed E-state index contributed by atoms with van der Waals surface area (Å²) in [5.41, 5.74) is 0. The number of carbonyl (C=O) groups excluding carboxylic acids is 1. The number of carboxylic acid groups (broad SMARTS) is 1. The van der Waals surface area contributed by atoms with Crippen molar-refractivity contribution in [1.82, 2.24) is 0 Å². The number of ether oxygens (including phenoxy) is 1. The maximum Gasteiger partial charge on any atom is 1.00 e. The second-order valence-electron chi connectivity index (χ2n) is 2.91. The molecule has 0 atom stereocenters. The Labute approximate surface area is 170 Å². The second-order valence-corrected chi connectivity index (χ2v) is 5.72. The van der Waals surface area contributed by atoms with Crippen LogP contribution in [0.4, 0.5) is 4.79 Å². The van der Waals surface area contributed by atoms with Crippen LogP contribution >= 0.6 is 0 Å². The van der Waals surface area contributed by atoms with Gasteiger partial charge in [-0.3, -0.25) is 9.11 Å². The summed E-state index contributed by atoms with van der Waals surface area (Å²) >= 11 is 0. The number of hydrogen-bond donors (Lipinski definition) is 2. The Balaban J connectivity index is -0.00000108. The van der Waals surface area contributed by atoms with Crippen molar-refractivity contribution in [3.8, 4) is 5.75 Å². The number of benzene rings is 1. The number of halogens is 1. The SMILES string of the molecule is O=C([O-])Oc1ccc(S(=O)(=O)O)cc1S(=O)(=O)O.[Cl-].[Na+].[Na+]. The van der Waals surface area contributed by atoms with E-state index in [4.69, 9.17) is 9.11 Å². The van der Waals surface area contributed by atoms with Crippen molar-refractivity contribution in [2.45, 2.75) is 9.79 Å². The van der Waals surface area contributed by atoms with Crippen LogP contribution < -0.4 is 81.4 Å². The van der Waals surface area contributed by atoms with Crippen LogP contribution in [0, 0.1) is 0 Å². The van der Waals surface area contributed by atoms with Crippen molar-refractivity contribution in [2.75, 3.05) is 0 Å². The smallest absolute Gasteiger partial charge is 1.00 e. The first-order chi connectivity index (χ1) is 8.01. The molecule has 2 N–H and O–H groups in total. The van der Waals surface area contributed by atoms with Crippen LogP contribution in [-0.4, -0.2) is 32.1 Å². The third kappa shape index (κ3) is 8.13. The molecule has 1 aromatic carbocycles. The van der Waals surface area contributed by atoms with Gasteiger partial charge in [0, 0.05) is 0 Å². The van der Waals surface area contributed by atoms with Gasteiger partial charge in [0.25, 0.3) is 26.4 Å². The van der Waals surface area contributed by atoms with E-state index in [0.717, 1.165) is 0 Å². The molecule has 9 nitrogen and oxygen atoms in total. The number of rotatable bonds is 3. The molecule has 0 aromatic heterocycles. The van der Waals surface area contributed by atoms with E-state index in [9.17, 15) is 26.7 Å². The summed E-state index contributed by atoms with van der Waals surface area (Å²) in [6.45, 7) is 0. The predicted molar refractivity (Wildman–Crippen MR) is 52.1 cm³/mol. The van der Waals surface area contributed by atoms with Crippen molar-refractivity contribution in [3.63, 3.8) is 0 Å². The average molecular weight is 379 g/mol. The first-order valence-corrected chi connectivity index (χ1v) is 6.87. The zero-order valence-corrected chi connectivity index (χ0v) is 17.1. The number of hydrogen-bond acceptors (Lipinski definition) is 7. The Kier molecular flexibility index (Phi) is 12.2. The predicted octanol–water partition coefficient (Wildman–Crippen LogP) is -10.1. The molecule has 1 rings (SSSR count). The van der Waals surface area contributed by atoms with Gasteiger partial charge in [0.1, 0.15) is 4.90 Å². The molecule has 0 aliphatic carbocycles. The van der Waals surface area contributed by atoms with Crippen molar-refractivity contribution in [3.05, 3.63) is 18.2 Å². The Hall–Kier alpha value is 0.600. The first kappa shape index (κ1) is 26.5. The molecule has 14 heteroatoms. The fourth-order valence-corrected chi connectivity index (χ4v) is 2.25. The van der Waals surface area contributed by atoms with Crippen LogP contribution in [0.15, 0.2) is 28.0 Å². The fourth-order valence-electron chi connectivity index (χ4n) is 1.02. The average Bonchev–Trinajstić information content (AvgIpc) is 2.13. The molecule has 21 heavy (non-hydrogen) atoms. The van der Waals surface area contributed by atoms with E-state index in [2.05, 4.69) is 4.74 Å². The third-order valence-electron chi connectivity index (χ3n) is 1.68. The van der Waals surface area contributed by atoms with Crippen LogP contribution in [0.2, 0.25) is 0 Å². The van der Waals surface area contributed by atoms with Gasteiger partial charge in [0.2, 0.25) is 0 Å². The molecule has 0 saturated heterocycles. The van der Waals surface area contributed by atoms with Crippen LogP contribution in [0.25, 0.3) is 0 Å². The summed E-state index contributed by atoms with van der Waals surface area (Å²) in [4.78, 5) is 8.15. The number of carbonyl (C=O) groups is 1. The van der Waals surface area contributed by atoms with Gasteiger partial charge in [0.15, 0.2) is 0 Å². The molecule has 0 heterocycles. The van der Waals surface area contributed by atoms with E-state index in [1.165, 1.54) is 0 Å². The molecule has 0 spiro atoms. The van der Waals surface area contributed by atoms with E-state index < -0.39 is 41.9 Å². The fraction of sp³-hybridized carbons (Fsp3) is 0. The monoisotopic (exact) mass is 378 g/mol. The van der Waals surface area contributed by atoms with Crippen molar-refractivity contribution >= 4 is 26.4 Å². The largest absolute Gasteiger partial charge is 1.00 e. The molecular weight excluding hydrogens is 374 g/mol. The zero-order valence-electron chi connectivity index (χ0n) is 10.7. The summed E-state index contributed by atoms with van der Waals surface area (Å²) < 4.78 is 64.7. The summed E-state index contributed by atoms with van der Waals surface area (Å²) in [5.74, 6) is -0.857. The van der Waals surface area contributed by atoms with Crippen molar-refractivity contribution in [2.24, 2.45) is 0 Å². The van der Waals surface area contributed by atoms with Gasteiger partial charge in [-0.25, -0.2) is 0 Å². The van der Waals surface area contributed by atoms with Gasteiger partial charge < -0.3 is 27.0 Å². The molecule has 0 aliphatic heterocycles. The summed E-state index contributed by atoms with van der Waals surface area (Å²) in [5, 5.41) is 10.2. The molecular formula is C7H5ClNa2O9S2. The van der Waals surface area contributed by atoms with E-state index in [0.29, 0.717) is 18.2 Å². The molecule has 0 radical (unpaired) electrons. The molecule has 0 fully saturated rings. The van der Waals surface area contributed by atoms with E-state index in [-0.39, 0.29) is 71.5 Å². The molecule has 0 amide bonds. The van der Waals surface area contributed by atoms with Crippen LogP contribution in [0.5, 0.6) is 5.75 Å².